The number of rotatable bonds is 4. The average molecular weight is 316 g/mol. The standard InChI is InChI=1S/C12H16N2O2S3/c1-3-13-5-6-18-9(13)7-8(15)10-11(16)14(4-2)12(17)19-10/h7,10H,3-6H2,1-2H3. The lowest BCUT2D eigenvalue weighted by Gasteiger charge is -2.16. The Kier molecular flexibility index (Phi) is 4.92. The lowest BCUT2D eigenvalue weighted by atomic mass is 10.2. The number of hydrogen-bond acceptors (Lipinski definition) is 6. The highest BCUT2D eigenvalue weighted by atomic mass is 32.2. The molecular formula is C12H16N2O2S3. The van der Waals surface area contributed by atoms with Crippen LogP contribution in [0.4, 0.5) is 0 Å². The molecule has 2 aliphatic rings. The second kappa shape index (κ2) is 6.28. The molecule has 0 aliphatic carbocycles. The van der Waals surface area contributed by atoms with Gasteiger partial charge in [0.05, 0.1) is 5.03 Å². The quantitative estimate of drug-likeness (QED) is 0.447. The maximum absolute atomic E-state index is 12.2. The van der Waals surface area contributed by atoms with Gasteiger partial charge in [0.25, 0.3) is 0 Å². The second-order valence-electron chi connectivity index (χ2n) is 4.16. The maximum atomic E-state index is 12.2. The highest BCUT2D eigenvalue weighted by Gasteiger charge is 2.40. The van der Waals surface area contributed by atoms with E-state index in [-0.39, 0.29) is 11.7 Å². The van der Waals surface area contributed by atoms with Gasteiger partial charge in [-0.05, 0) is 13.8 Å². The molecule has 0 aromatic carbocycles. The Morgan fingerprint density at radius 1 is 1.47 bits per heavy atom. The Hall–Kier alpha value is -0.530. The van der Waals surface area contributed by atoms with E-state index in [0.717, 1.165) is 23.9 Å². The van der Waals surface area contributed by atoms with Crippen molar-refractivity contribution in [3.05, 3.63) is 11.1 Å². The molecule has 1 amide bonds. The monoisotopic (exact) mass is 316 g/mol. The predicted octanol–water partition coefficient (Wildman–Crippen LogP) is 1.71. The fraction of sp³-hybridized carbons (Fsp3) is 0.583. The van der Waals surface area contributed by atoms with Crippen LogP contribution in [0.5, 0.6) is 0 Å². The molecule has 2 aliphatic heterocycles. The molecule has 0 N–H and O–H groups in total. The molecule has 0 aromatic rings. The summed E-state index contributed by atoms with van der Waals surface area (Å²) in [5.74, 6) is 0.680. The molecule has 104 valence electrons. The van der Waals surface area contributed by atoms with Crippen LogP contribution in [0, 0.1) is 0 Å². The van der Waals surface area contributed by atoms with Gasteiger partial charge in [-0.15, -0.1) is 11.8 Å². The van der Waals surface area contributed by atoms with Gasteiger partial charge in [-0.1, -0.05) is 24.0 Å². The first-order chi connectivity index (χ1) is 9.08. The van der Waals surface area contributed by atoms with Crippen molar-refractivity contribution in [3.63, 3.8) is 0 Å². The van der Waals surface area contributed by atoms with Gasteiger partial charge < -0.3 is 4.90 Å². The molecule has 2 fully saturated rings. The van der Waals surface area contributed by atoms with Crippen LogP contribution in [0.25, 0.3) is 0 Å². The van der Waals surface area contributed by atoms with Gasteiger partial charge in [0.2, 0.25) is 5.91 Å². The number of nitrogens with zero attached hydrogens (tertiary/aromatic N) is 2. The third-order valence-corrected chi connectivity index (χ3v) is 5.73. The Labute approximate surface area is 127 Å². The summed E-state index contributed by atoms with van der Waals surface area (Å²) in [6.07, 6.45) is 1.61. The van der Waals surface area contributed by atoms with Gasteiger partial charge in [-0.25, -0.2) is 0 Å². The van der Waals surface area contributed by atoms with Gasteiger partial charge in [0, 0.05) is 31.5 Å². The molecule has 0 radical (unpaired) electrons. The van der Waals surface area contributed by atoms with Crippen molar-refractivity contribution in [2.75, 3.05) is 25.4 Å². The molecular weight excluding hydrogens is 300 g/mol. The lowest BCUT2D eigenvalue weighted by molar-refractivity contribution is -0.129. The van der Waals surface area contributed by atoms with E-state index in [2.05, 4.69) is 11.8 Å². The smallest absolute Gasteiger partial charge is 0.249 e. The maximum Gasteiger partial charge on any atom is 0.249 e. The minimum absolute atomic E-state index is 0.142. The minimum Gasteiger partial charge on any atom is -0.366 e. The molecule has 2 rings (SSSR count). The van der Waals surface area contributed by atoms with Crippen LogP contribution in [0.3, 0.4) is 0 Å². The topological polar surface area (TPSA) is 40.6 Å². The summed E-state index contributed by atoms with van der Waals surface area (Å²) in [5, 5.41) is 0.293. The zero-order valence-corrected chi connectivity index (χ0v) is 13.4. The summed E-state index contributed by atoms with van der Waals surface area (Å²) in [5.41, 5.74) is 0. The summed E-state index contributed by atoms with van der Waals surface area (Å²) in [4.78, 5) is 28.0. The molecule has 4 nitrogen and oxygen atoms in total. The van der Waals surface area contributed by atoms with Gasteiger partial charge >= 0.3 is 0 Å². The Bertz CT molecular complexity index is 450. The van der Waals surface area contributed by atoms with Crippen LogP contribution < -0.4 is 0 Å². The number of amides is 1. The van der Waals surface area contributed by atoms with Crippen LogP contribution in [-0.2, 0) is 9.59 Å². The van der Waals surface area contributed by atoms with Gasteiger partial charge in [-0.2, -0.15) is 0 Å². The Morgan fingerprint density at radius 3 is 2.79 bits per heavy atom. The zero-order chi connectivity index (χ0) is 14.0. The number of allylic oxidation sites excluding steroid dienone is 1. The largest absolute Gasteiger partial charge is 0.366 e. The van der Waals surface area contributed by atoms with E-state index in [1.807, 2.05) is 6.92 Å². The van der Waals surface area contributed by atoms with Crippen LogP contribution >= 0.6 is 35.7 Å². The summed E-state index contributed by atoms with van der Waals surface area (Å²) in [6.45, 7) is 6.30. The fourth-order valence-corrected chi connectivity index (χ4v) is 4.61. The van der Waals surface area contributed by atoms with E-state index in [1.54, 1.807) is 17.8 Å². The van der Waals surface area contributed by atoms with Crippen LogP contribution in [-0.4, -0.2) is 56.4 Å². The van der Waals surface area contributed by atoms with Gasteiger partial charge in [0.15, 0.2) is 11.0 Å². The van der Waals surface area contributed by atoms with E-state index in [4.69, 9.17) is 12.2 Å². The summed E-state index contributed by atoms with van der Waals surface area (Å²) >= 11 is 7.98. The van der Waals surface area contributed by atoms with Crippen molar-refractivity contribution in [2.24, 2.45) is 0 Å². The van der Waals surface area contributed by atoms with Crippen molar-refractivity contribution in [2.45, 2.75) is 19.1 Å². The number of hydrogen-bond donors (Lipinski definition) is 0. The Morgan fingerprint density at radius 2 is 2.21 bits per heavy atom. The first kappa shape index (κ1) is 14.9. The molecule has 0 spiro atoms. The Balaban J connectivity index is 2.11. The van der Waals surface area contributed by atoms with Crippen molar-refractivity contribution in [1.82, 2.24) is 9.80 Å². The predicted molar refractivity (Wildman–Crippen MR) is 84.2 cm³/mol. The fourth-order valence-electron chi connectivity index (χ4n) is 2.02. The molecule has 2 saturated heterocycles. The number of thioether (sulfide) groups is 2. The van der Waals surface area contributed by atoms with E-state index >= 15 is 0 Å². The number of thiocarbonyl (C=S) groups is 1. The summed E-state index contributed by atoms with van der Waals surface area (Å²) < 4.78 is 0.510. The van der Waals surface area contributed by atoms with Crippen molar-refractivity contribution >= 4 is 51.8 Å². The van der Waals surface area contributed by atoms with E-state index in [9.17, 15) is 9.59 Å². The minimum atomic E-state index is -0.681. The molecule has 19 heavy (non-hydrogen) atoms. The second-order valence-corrected chi connectivity index (χ2v) is 7.01. The van der Waals surface area contributed by atoms with Crippen molar-refractivity contribution in [1.29, 1.82) is 0 Å². The van der Waals surface area contributed by atoms with E-state index in [0.29, 0.717) is 10.9 Å². The molecule has 0 bridgehead atoms. The van der Waals surface area contributed by atoms with Gasteiger partial charge in [-0.3, -0.25) is 14.5 Å². The van der Waals surface area contributed by atoms with Crippen molar-refractivity contribution in [3.8, 4) is 0 Å². The zero-order valence-electron chi connectivity index (χ0n) is 10.9. The first-order valence-corrected chi connectivity index (χ1v) is 8.51. The van der Waals surface area contributed by atoms with Crippen LogP contribution in [0.15, 0.2) is 11.1 Å². The van der Waals surface area contributed by atoms with Gasteiger partial charge in [0.1, 0.15) is 4.32 Å². The molecule has 1 unspecified atom stereocenters. The molecule has 2 heterocycles. The number of ketones is 1. The normalized spacial score (nSPS) is 25.8. The lowest BCUT2D eigenvalue weighted by Crippen LogP contribution is -2.34. The summed E-state index contributed by atoms with van der Waals surface area (Å²) in [6, 6.07) is 0. The summed E-state index contributed by atoms with van der Waals surface area (Å²) in [7, 11) is 0. The van der Waals surface area contributed by atoms with Crippen LogP contribution in [0.1, 0.15) is 13.8 Å². The van der Waals surface area contributed by atoms with Crippen molar-refractivity contribution < 1.29 is 9.59 Å². The van der Waals surface area contributed by atoms with E-state index in [1.165, 1.54) is 16.7 Å². The third-order valence-electron chi connectivity index (χ3n) is 3.07. The molecule has 0 saturated carbocycles. The van der Waals surface area contributed by atoms with Crippen LogP contribution in [0.2, 0.25) is 0 Å². The molecule has 1 atom stereocenters. The average Bonchev–Trinajstić information content (AvgIpc) is 2.94. The van der Waals surface area contributed by atoms with E-state index < -0.39 is 5.25 Å². The number of carbonyl (C=O) groups excluding carboxylic acids is 2. The molecule has 0 aromatic heterocycles. The first-order valence-electron chi connectivity index (χ1n) is 6.23. The number of carbonyl (C=O) groups is 2. The highest BCUT2D eigenvalue weighted by Crippen LogP contribution is 2.31. The SMILES string of the molecule is CCN1CCSC1=CC(=O)C1SC(=S)N(CC)C1=O. The highest BCUT2D eigenvalue weighted by molar-refractivity contribution is 8.24. The molecule has 7 heteroatoms. The third kappa shape index (κ3) is 2.98.